The summed E-state index contributed by atoms with van der Waals surface area (Å²) in [6.07, 6.45) is 1.11. The quantitative estimate of drug-likeness (QED) is 0.862. The van der Waals surface area contributed by atoms with Crippen molar-refractivity contribution in [2.45, 2.75) is 6.42 Å². The molecule has 1 aliphatic heterocycles. The average Bonchev–Trinajstić information content (AvgIpc) is 2.96. The number of aliphatic hydroxyl groups excluding tert-OH is 1. The van der Waals surface area contributed by atoms with Gasteiger partial charge in [0.15, 0.2) is 0 Å². The molecule has 1 unspecified atom stereocenters. The Morgan fingerprint density at radius 1 is 1.38 bits per heavy atom. The molecule has 1 saturated heterocycles. The van der Waals surface area contributed by atoms with Gasteiger partial charge in [-0.25, -0.2) is 0 Å². The van der Waals surface area contributed by atoms with Crippen LogP contribution in [0.1, 0.15) is 6.42 Å². The van der Waals surface area contributed by atoms with Gasteiger partial charge in [-0.3, -0.25) is 0 Å². The Bertz CT molecular complexity index is 493. The van der Waals surface area contributed by atoms with Crippen LogP contribution in [0.2, 0.25) is 0 Å². The van der Waals surface area contributed by atoms with E-state index in [9.17, 15) is 0 Å². The summed E-state index contributed by atoms with van der Waals surface area (Å²) in [6, 6.07) is 8.81. The smallest absolute Gasteiger partial charge is 0.0476 e. The Kier molecular flexibility index (Phi) is 2.58. The highest BCUT2D eigenvalue weighted by atomic mass is 32.1. The van der Waals surface area contributed by atoms with Crippen molar-refractivity contribution in [3.8, 4) is 0 Å². The molecule has 0 bridgehead atoms. The van der Waals surface area contributed by atoms with Gasteiger partial charge in [0.05, 0.1) is 0 Å². The monoisotopic (exact) mass is 233 g/mol. The van der Waals surface area contributed by atoms with Crippen LogP contribution in [-0.2, 0) is 0 Å². The molecule has 0 radical (unpaired) electrons. The number of rotatable bonds is 2. The Balaban J connectivity index is 1.88. The van der Waals surface area contributed by atoms with E-state index in [-0.39, 0.29) is 0 Å². The molecule has 1 aliphatic rings. The lowest BCUT2D eigenvalue weighted by molar-refractivity contribution is 0.238. The molecule has 0 spiro atoms. The molecule has 1 aromatic heterocycles. The second-order valence-corrected chi connectivity index (χ2v) is 5.37. The average molecular weight is 233 g/mol. The van der Waals surface area contributed by atoms with Crippen molar-refractivity contribution in [2.24, 2.45) is 5.92 Å². The van der Waals surface area contributed by atoms with Crippen molar-refractivity contribution in [3.05, 3.63) is 29.6 Å². The Hall–Kier alpha value is -1.06. The van der Waals surface area contributed by atoms with Gasteiger partial charge in [-0.15, -0.1) is 11.3 Å². The highest BCUT2D eigenvalue weighted by Gasteiger charge is 2.21. The zero-order chi connectivity index (χ0) is 11.0. The first kappa shape index (κ1) is 10.1. The third-order valence-corrected chi connectivity index (χ3v) is 4.24. The molecule has 0 amide bonds. The van der Waals surface area contributed by atoms with E-state index in [1.165, 1.54) is 15.8 Å². The van der Waals surface area contributed by atoms with E-state index in [1.807, 2.05) is 0 Å². The number of hydrogen-bond acceptors (Lipinski definition) is 3. The first-order chi connectivity index (χ1) is 7.86. The van der Waals surface area contributed by atoms with Crippen LogP contribution in [0.4, 0.5) is 5.69 Å². The van der Waals surface area contributed by atoms with Crippen LogP contribution in [0.3, 0.4) is 0 Å². The number of benzene rings is 1. The first-order valence-electron chi connectivity index (χ1n) is 5.70. The summed E-state index contributed by atoms with van der Waals surface area (Å²) < 4.78 is 1.35. The van der Waals surface area contributed by atoms with E-state index in [4.69, 9.17) is 5.11 Å². The van der Waals surface area contributed by atoms with Gasteiger partial charge in [0.1, 0.15) is 0 Å². The molecular weight excluding hydrogens is 218 g/mol. The molecule has 84 valence electrons. The normalized spacial score (nSPS) is 20.8. The Labute approximate surface area is 99.1 Å². The number of hydrogen-bond donors (Lipinski definition) is 1. The molecular formula is C13H15NOS. The van der Waals surface area contributed by atoms with Gasteiger partial charge in [0.25, 0.3) is 0 Å². The van der Waals surface area contributed by atoms with Crippen LogP contribution in [0.15, 0.2) is 29.6 Å². The van der Waals surface area contributed by atoms with E-state index >= 15 is 0 Å². The van der Waals surface area contributed by atoms with Crippen LogP contribution < -0.4 is 4.90 Å². The first-order valence-corrected chi connectivity index (χ1v) is 6.58. The summed E-state index contributed by atoms with van der Waals surface area (Å²) in [6.45, 7) is 2.38. The third kappa shape index (κ3) is 1.70. The second-order valence-electron chi connectivity index (χ2n) is 4.43. The highest BCUT2D eigenvalue weighted by molar-refractivity contribution is 7.17. The zero-order valence-electron chi connectivity index (χ0n) is 9.10. The lowest BCUT2D eigenvalue weighted by Gasteiger charge is -2.18. The number of thiophene rings is 1. The fourth-order valence-corrected chi connectivity index (χ4v) is 3.14. The minimum Gasteiger partial charge on any atom is -0.396 e. The van der Waals surface area contributed by atoms with E-state index < -0.39 is 0 Å². The summed E-state index contributed by atoms with van der Waals surface area (Å²) in [5.74, 6) is 0.457. The van der Waals surface area contributed by atoms with Gasteiger partial charge in [-0.05, 0) is 41.5 Å². The predicted molar refractivity (Wildman–Crippen MR) is 69.2 cm³/mol. The van der Waals surface area contributed by atoms with Crippen LogP contribution in [-0.4, -0.2) is 24.8 Å². The third-order valence-electron chi connectivity index (χ3n) is 3.35. The minimum absolute atomic E-state index is 0.317. The number of aliphatic hydroxyl groups is 1. The summed E-state index contributed by atoms with van der Waals surface area (Å²) in [5.41, 5.74) is 1.29. The van der Waals surface area contributed by atoms with E-state index in [2.05, 4.69) is 34.5 Å². The molecule has 0 saturated carbocycles. The van der Waals surface area contributed by atoms with E-state index in [0.29, 0.717) is 12.5 Å². The van der Waals surface area contributed by atoms with Crippen LogP contribution >= 0.6 is 11.3 Å². The minimum atomic E-state index is 0.317. The molecule has 16 heavy (non-hydrogen) atoms. The van der Waals surface area contributed by atoms with Gasteiger partial charge in [-0.2, -0.15) is 0 Å². The molecule has 1 aromatic carbocycles. The van der Waals surface area contributed by atoms with Crippen molar-refractivity contribution in [1.82, 2.24) is 0 Å². The number of anilines is 1. The molecule has 2 aromatic rings. The fraction of sp³-hybridized carbons (Fsp3) is 0.385. The highest BCUT2D eigenvalue weighted by Crippen LogP contribution is 2.29. The van der Waals surface area contributed by atoms with Crippen LogP contribution in [0.5, 0.6) is 0 Å². The van der Waals surface area contributed by atoms with Crippen LogP contribution in [0.25, 0.3) is 10.1 Å². The summed E-state index contributed by atoms with van der Waals surface area (Å²) >= 11 is 1.79. The standard InChI is InChI=1S/C13H15NOS/c15-9-10-3-5-14(8-10)12-1-2-13-11(7-12)4-6-16-13/h1-2,4,6-7,10,15H,3,5,8-9H2. The molecule has 1 atom stereocenters. The van der Waals surface area contributed by atoms with Gasteiger partial charge < -0.3 is 10.0 Å². The lowest BCUT2D eigenvalue weighted by atomic mass is 10.1. The molecule has 1 N–H and O–H groups in total. The lowest BCUT2D eigenvalue weighted by Crippen LogP contribution is -2.20. The summed E-state index contributed by atoms with van der Waals surface area (Å²) in [4.78, 5) is 2.37. The Morgan fingerprint density at radius 2 is 2.31 bits per heavy atom. The van der Waals surface area contributed by atoms with Gasteiger partial charge >= 0.3 is 0 Å². The van der Waals surface area contributed by atoms with Gasteiger partial charge in [-0.1, -0.05) is 0 Å². The van der Waals surface area contributed by atoms with Gasteiger partial charge in [0.2, 0.25) is 0 Å². The molecule has 0 aliphatic carbocycles. The molecule has 1 fully saturated rings. The summed E-state index contributed by atoms with van der Waals surface area (Å²) in [5, 5.41) is 12.6. The second kappa shape index (κ2) is 4.07. The molecule has 3 heteroatoms. The number of nitrogens with zero attached hydrogens (tertiary/aromatic N) is 1. The molecule has 2 nitrogen and oxygen atoms in total. The maximum atomic E-state index is 9.14. The van der Waals surface area contributed by atoms with Crippen molar-refractivity contribution in [2.75, 3.05) is 24.6 Å². The Morgan fingerprint density at radius 3 is 3.12 bits per heavy atom. The van der Waals surface area contributed by atoms with Crippen molar-refractivity contribution >= 4 is 27.1 Å². The maximum Gasteiger partial charge on any atom is 0.0476 e. The van der Waals surface area contributed by atoms with Crippen molar-refractivity contribution < 1.29 is 5.11 Å². The predicted octanol–water partition coefficient (Wildman–Crippen LogP) is 2.72. The van der Waals surface area contributed by atoms with Crippen molar-refractivity contribution in [3.63, 3.8) is 0 Å². The summed E-state index contributed by atoms with van der Waals surface area (Å²) in [7, 11) is 0. The molecule has 2 heterocycles. The molecule has 3 rings (SSSR count). The largest absolute Gasteiger partial charge is 0.396 e. The maximum absolute atomic E-state index is 9.14. The fourth-order valence-electron chi connectivity index (χ4n) is 2.37. The SMILES string of the molecule is OCC1CCN(c2ccc3sccc3c2)C1. The number of fused-ring (bicyclic) bond motifs is 1. The van der Waals surface area contributed by atoms with Gasteiger partial charge in [0, 0.05) is 36.0 Å². The topological polar surface area (TPSA) is 23.5 Å². The van der Waals surface area contributed by atoms with E-state index in [1.54, 1.807) is 11.3 Å². The van der Waals surface area contributed by atoms with Crippen LogP contribution in [0, 0.1) is 5.92 Å². The zero-order valence-corrected chi connectivity index (χ0v) is 9.91. The van der Waals surface area contributed by atoms with Crippen molar-refractivity contribution in [1.29, 1.82) is 0 Å². The van der Waals surface area contributed by atoms with E-state index in [0.717, 1.165) is 19.5 Å².